The van der Waals surface area contributed by atoms with Gasteiger partial charge in [0.15, 0.2) is 0 Å². The molecule has 0 aromatic heterocycles. The van der Waals surface area contributed by atoms with Crippen LogP contribution in [0.2, 0.25) is 0 Å². The number of carbonyl (C=O) groups excluding carboxylic acids is 2. The second-order valence-electron chi connectivity index (χ2n) is 7.06. The quantitative estimate of drug-likeness (QED) is 0.896. The summed E-state index contributed by atoms with van der Waals surface area (Å²) in [6.45, 7) is 6.57. The Morgan fingerprint density at radius 2 is 1.60 bits per heavy atom. The molecule has 1 aromatic rings. The number of nitrogens with zero attached hydrogens (tertiary/aromatic N) is 2. The summed E-state index contributed by atoms with van der Waals surface area (Å²) >= 11 is 0. The fourth-order valence-corrected chi connectivity index (χ4v) is 3.67. The normalized spacial score (nSPS) is 24.9. The Balaban J connectivity index is 1.49. The Morgan fingerprint density at radius 1 is 1.00 bits per heavy atom. The molecule has 2 saturated heterocycles. The molecular weight excluding hydrogens is 318 g/mol. The van der Waals surface area contributed by atoms with Gasteiger partial charge in [0.1, 0.15) is 0 Å². The molecule has 1 aromatic carbocycles. The molecular formula is C19H27N3O3. The molecule has 3 rings (SSSR count). The zero-order valence-electron chi connectivity index (χ0n) is 15.0. The highest BCUT2D eigenvalue weighted by Crippen LogP contribution is 2.22. The smallest absolute Gasteiger partial charge is 0.321 e. The largest absolute Gasteiger partial charge is 0.372 e. The maximum atomic E-state index is 12.8. The third kappa shape index (κ3) is 4.51. The summed E-state index contributed by atoms with van der Waals surface area (Å²) in [5.41, 5.74) is 0.794. The molecule has 2 aliphatic heterocycles. The number of anilines is 1. The molecule has 0 aliphatic carbocycles. The molecule has 0 unspecified atom stereocenters. The summed E-state index contributed by atoms with van der Waals surface area (Å²) in [4.78, 5) is 28.8. The van der Waals surface area contributed by atoms with E-state index >= 15 is 0 Å². The minimum absolute atomic E-state index is 0.0123. The second-order valence-corrected chi connectivity index (χ2v) is 7.06. The second kappa shape index (κ2) is 7.87. The molecule has 3 amide bonds. The molecule has 1 N–H and O–H groups in total. The number of morpholine rings is 1. The van der Waals surface area contributed by atoms with Crippen molar-refractivity contribution in [3.8, 4) is 0 Å². The molecule has 2 aliphatic rings. The molecule has 0 spiro atoms. The summed E-state index contributed by atoms with van der Waals surface area (Å²) in [6.07, 6.45) is 1.62. The number of benzene rings is 1. The van der Waals surface area contributed by atoms with E-state index in [0.717, 1.165) is 18.5 Å². The third-order valence-electron chi connectivity index (χ3n) is 4.89. The van der Waals surface area contributed by atoms with Crippen LogP contribution in [0.15, 0.2) is 30.3 Å². The minimum atomic E-state index is -0.0919. The van der Waals surface area contributed by atoms with E-state index in [1.54, 1.807) is 4.90 Å². The molecule has 2 heterocycles. The number of hydrogen-bond donors (Lipinski definition) is 1. The Bertz CT molecular complexity index is 589. The highest BCUT2D eigenvalue weighted by molar-refractivity contribution is 5.89. The topological polar surface area (TPSA) is 61.9 Å². The van der Waals surface area contributed by atoms with Crippen molar-refractivity contribution >= 4 is 17.6 Å². The van der Waals surface area contributed by atoms with Gasteiger partial charge < -0.3 is 19.9 Å². The fourth-order valence-electron chi connectivity index (χ4n) is 3.67. The van der Waals surface area contributed by atoms with Crippen LogP contribution < -0.4 is 5.32 Å². The number of amides is 3. The monoisotopic (exact) mass is 345 g/mol. The number of nitrogens with one attached hydrogen (secondary N) is 1. The van der Waals surface area contributed by atoms with Gasteiger partial charge in [-0.1, -0.05) is 18.2 Å². The van der Waals surface area contributed by atoms with E-state index in [4.69, 9.17) is 4.74 Å². The van der Waals surface area contributed by atoms with Crippen LogP contribution in [0.1, 0.15) is 26.7 Å². The summed E-state index contributed by atoms with van der Waals surface area (Å²) in [6, 6.07) is 9.35. The number of likely N-dealkylation sites (tertiary alicyclic amines) is 1. The lowest BCUT2D eigenvalue weighted by atomic mass is 9.95. The lowest BCUT2D eigenvalue weighted by Gasteiger charge is -2.39. The number of piperidine rings is 1. The van der Waals surface area contributed by atoms with Gasteiger partial charge in [-0.15, -0.1) is 0 Å². The van der Waals surface area contributed by atoms with E-state index in [2.05, 4.69) is 5.32 Å². The van der Waals surface area contributed by atoms with E-state index < -0.39 is 0 Å². The molecule has 2 fully saturated rings. The van der Waals surface area contributed by atoms with Crippen molar-refractivity contribution in [3.63, 3.8) is 0 Å². The average molecular weight is 345 g/mol. The van der Waals surface area contributed by atoms with Gasteiger partial charge in [0, 0.05) is 37.8 Å². The predicted octanol–water partition coefficient (Wildman–Crippen LogP) is 2.57. The summed E-state index contributed by atoms with van der Waals surface area (Å²) in [5.74, 6) is 0.225. The number of para-hydroxylation sites is 1. The lowest BCUT2D eigenvalue weighted by Crippen LogP contribution is -2.52. The lowest BCUT2D eigenvalue weighted by molar-refractivity contribution is -0.148. The number of hydrogen-bond acceptors (Lipinski definition) is 3. The van der Waals surface area contributed by atoms with E-state index in [-0.39, 0.29) is 30.1 Å². The number of ether oxygens (including phenoxy) is 1. The van der Waals surface area contributed by atoms with Crippen molar-refractivity contribution < 1.29 is 14.3 Å². The van der Waals surface area contributed by atoms with E-state index in [1.165, 1.54) is 0 Å². The van der Waals surface area contributed by atoms with Gasteiger partial charge in [-0.3, -0.25) is 4.79 Å². The molecule has 25 heavy (non-hydrogen) atoms. The molecule has 136 valence electrons. The zero-order valence-corrected chi connectivity index (χ0v) is 15.0. The van der Waals surface area contributed by atoms with Crippen molar-refractivity contribution in [2.45, 2.75) is 38.9 Å². The average Bonchev–Trinajstić information content (AvgIpc) is 2.61. The summed E-state index contributed by atoms with van der Waals surface area (Å²) in [7, 11) is 0. The van der Waals surface area contributed by atoms with Crippen molar-refractivity contribution in [1.29, 1.82) is 0 Å². The van der Waals surface area contributed by atoms with Gasteiger partial charge in [0.05, 0.1) is 12.2 Å². The number of rotatable bonds is 2. The van der Waals surface area contributed by atoms with Gasteiger partial charge in [-0.05, 0) is 38.8 Å². The van der Waals surface area contributed by atoms with Crippen LogP contribution in [0, 0.1) is 5.92 Å². The van der Waals surface area contributed by atoms with Crippen LogP contribution in [-0.4, -0.2) is 60.1 Å². The van der Waals surface area contributed by atoms with E-state index in [9.17, 15) is 9.59 Å². The van der Waals surface area contributed by atoms with Crippen molar-refractivity contribution in [3.05, 3.63) is 30.3 Å². The first kappa shape index (κ1) is 17.7. The van der Waals surface area contributed by atoms with Gasteiger partial charge >= 0.3 is 6.03 Å². The summed E-state index contributed by atoms with van der Waals surface area (Å²) in [5, 5.41) is 2.91. The molecule has 2 atom stereocenters. The molecule has 6 nitrogen and oxygen atoms in total. The van der Waals surface area contributed by atoms with Crippen LogP contribution in [0.3, 0.4) is 0 Å². The molecule has 0 bridgehead atoms. The van der Waals surface area contributed by atoms with E-state index in [0.29, 0.717) is 26.2 Å². The van der Waals surface area contributed by atoms with Crippen LogP contribution in [0.25, 0.3) is 0 Å². The van der Waals surface area contributed by atoms with Crippen molar-refractivity contribution in [2.24, 2.45) is 5.92 Å². The molecule has 0 radical (unpaired) electrons. The van der Waals surface area contributed by atoms with Crippen LogP contribution in [0.4, 0.5) is 10.5 Å². The highest BCUT2D eigenvalue weighted by Gasteiger charge is 2.33. The Kier molecular flexibility index (Phi) is 5.58. The van der Waals surface area contributed by atoms with Crippen LogP contribution in [-0.2, 0) is 9.53 Å². The maximum absolute atomic E-state index is 12.8. The maximum Gasteiger partial charge on any atom is 0.321 e. The minimum Gasteiger partial charge on any atom is -0.372 e. The van der Waals surface area contributed by atoms with Gasteiger partial charge in [-0.25, -0.2) is 4.79 Å². The number of urea groups is 1. The zero-order chi connectivity index (χ0) is 17.8. The van der Waals surface area contributed by atoms with Gasteiger partial charge in [0.2, 0.25) is 5.91 Å². The van der Waals surface area contributed by atoms with Gasteiger partial charge in [-0.2, -0.15) is 0 Å². The summed E-state index contributed by atoms with van der Waals surface area (Å²) < 4.78 is 5.70. The fraction of sp³-hybridized carbons (Fsp3) is 0.579. The number of carbonyl (C=O) groups is 2. The highest BCUT2D eigenvalue weighted by atomic mass is 16.5. The van der Waals surface area contributed by atoms with Crippen LogP contribution in [0.5, 0.6) is 0 Å². The first-order chi connectivity index (χ1) is 12.0. The SMILES string of the molecule is C[C@@H]1CN(C(=O)C2CCN(C(=O)Nc3ccccc3)CC2)C[C@H](C)O1. The molecule has 6 heteroatoms. The Morgan fingerprint density at radius 3 is 2.20 bits per heavy atom. The van der Waals surface area contributed by atoms with E-state index in [1.807, 2.05) is 49.1 Å². The van der Waals surface area contributed by atoms with Crippen LogP contribution >= 0.6 is 0 Å². The Hall–Kier alpha value is -2.08. The predicted molar refractivity (Wildman–Crippen MR) is 96.3 cm³/mol. The first-order valence-corrected chi connectivity index (χ1v) is 9.08. The Labute approximate surface area is 149 Å². The van der Waals surface area contributed by atoms with Gasteiger partial charge in [0.25, 0.3) is 0 Å². The van der Waals surface area contributed by atoms with Crippen molar-refractivity contribution in [1.82, 2.24) is 9.80 Å². The molecule has 0 saturated carbocycles. The third-order valence-corrected chi connectivity index (χ3v) is 4.89. The van der Waals surface area contributed by atoms with Crippen molar-refractivity contribution in [2.75, 3.05) is 31.5 Å². The first-order valence-electron chi connectivity index (χ1n) is 9.08. The standard InChI is InChI=1S/C19H27N3O3/c1-14-12-22(13-15(2)25-14)18(23)16-8-10-21(11-9-16)19(24)20-17-6-4-3-5-7-17/h3-7,14-16H,8-13H2,1-2H3,(H,20,24)/t14-,15+.